The number of nitrogens with zero attached hydrogens (tertiary/aromatic N) is 4. The molecule has 0 bridgehead atoms. The molecule has 0 radical (unpaired) electrons. The third kappa shape index (κ3) is 2.67. The van der Waals surface area contributed by atoms with Gasteiger partial charge in [0.2, 0.25) is 0 Å². The molecule has 2 aromatic rings. The molecule has 0 saturated carbocycles. The van der Waals surface area contributed by atoms with Gasteiger partial charge in [0.1, 0.15) is 23.0 Å². The van der Waals surface area contributed by atoms with E-state index in [4.69, 9.17) is 5.11 Å². The lowest BCUT2D eigenvalue weighted by molar-refractivity contribution is -0.153. The number of carbonyl (C=O) groups is 1. The van der Waals surface area contributed by atoms with Gasteiger partial charge in [-0.25, -0.2) is 19.7 Å². The van der Waals surface area contributed by atoms with E-state index in [1.165, 1.54) is 29.0 Å². The van der Waals surface area contributed by atoms with Crippen LogP contribution in [0, 0.1) is 0 Å². The van der Waals surface area contributed by atoms with Gasteiger partial charge in [-0.15, -0.1) is 11.8 Å². The Bertz CT molecular complexity index is 602. The van der Waals surface area contributed by atoms with Gasteiger partial charge in [0.05, 0.1) is 12.9 Å². The van der Waals surface area contributed by atoms with Crippen LogP contribution in [0.4, 0.5) is 0 Å². The van der Waals surface area contributed by atoms with Crippen molar-refractivity contribution in [3.05, 3.63) is 12.7 Å². The first-order chi connectivity index (χ1) is 9.04. The fraction of sp³-hybridized carbons (Fsp3) is 0.400. The highest BCUT2D eigenvalue weighted by Gasteiger charge is 2.24. The van der Waals surface area contributed by atoms with Gasteiger partial charge in [0.15, 0.2) is 11.8 Å². The molecule has 0 saturated heterocycles. The number of imidazole rings is 1. The van der Waals surface area contributed by atoms with Crippen LogP contribution in [0.25, 0.3) is 11.2 Å². The first-order valence-electron chi connectivity index (χ1n) is 5.33. The molecule has 3 N–H and O–H groups in total. The van der Waals surface area contributed by atoms with Crippen molar-refractivity contribution in [1.29, 1.82) is 0 Å². The number of aromatic nitrogens is 4. The predicted octanol–water partition coefficient (Wildman–Crippen LogP) is -0.645. The summed E-state index contributed by atoms with van der Waals surface area (Å²) in [4.78, 5) is 22.8. The summed E-state index contributed by atoms with van der Waals surface area (Å²) in [6.45, 7) is -0.116. The predicted molar refractivity (Wildman–Crippen MR) is 66.8 cm³/mol. The van der Waals surface area contributed by atoms with E-state index >= 15 is 0 Å². The van der Waals surface area contributed by atoms with E-state index in [-0.39, 0.29) is 6.54 Å². The van der Waals surface area contributed by atoms with Crippen molar-refractivity contribution in [2.45, 2.75) is 23.8 Å². The summed E-state index contributed by atoms with van der Waals surface area (Å²) in [5.41, 5.74) is 1.06. The number of fused-ring (bicyclic) bond motifs is 1. The highest BCUT2D eigenvalue weighted by Crippen LogP contribution is 2.20. The standard InChI is InChI=1S/C10H12N4O4S/c1-19-9-6-8(11-3-12-9)14(4-13-6)2-5(15)7(16)10(17)18/h3-5,7,15-16H,2H2,1H3,(H,17,18). The van der Waals surface area contributed by atoms with Crippen molar-refractivity contribution in [3.63, 3.8) is 0 Å². The number of aliphatic hydroxyl groups excluding tert-OH is 2. The number of hydrogen-bond donors (Lipinski definition) is 3. The van der Waals surface area contributed by atoms with Crippen LogP contribution >= 0.6 is 11.8 Å². The lowest BCUT2D eigenvalue weighted by Crippen LogP contribution is -2.36. The number of carboxylic acid groups (broad SMARTS) is 1. The molecule has 0 aliphatic heterocycles. The molecule has 2 heterocycles. The number of aliphatic carboxylic acids is 1. The zero-order chi connectivity index (χ0) is 14.0. The van der Waals surface area contributed by atoms with Crippen molar-refractivity contribution in [2.24, 2.45) is 0 Å². The SMILES string of the molecule is CSc1ncnc2c1ncn2CC(O)C(O)C(=O)O. The molecular weight excluding hydrogens is 272 g/mol. The smallest absolute Gasteiger partial charge is 0.335 e. The average Bonchev–Trinajstić information content (AvgIpc) is 2.80. The Hall–Kier alpha value is -1.71. The monoisotopic (exact) mass is 284 g/mol. The largest absolute Gasteiger partial charge is 0.479 e. The summed E-state index contributed by atoms with van der Waals surface area (Å²) in [6, 6.07) is 0. The summed E-state index contributed by atoms with van der Waals surface area (Å²) < 4.78 is 1.48. The van der Waals surface area contributed by atoms with Crippen molar-refractivity contribution in [1.82, 2.24) is 19.5 Å². The minimum atomic E-state index is -1.85. The lowest BCUT2D eigenvalue weighted by Gasteiger charge is -2.14. The molecule has 102 valence electrons. The number of rotatable bonds is 5. The molecule has 0 fully saturated rings. The Balaban J connectivity index is 2.29. The fourth-order valence-corrected chi connectivity index (χ4v) is 2.10. The van der Waals surface area contributed by atoms with Crippen LogP contribution in [0.1, 0.15) is 0 Å². The van der Waals surface area contributed by atoms with Crippen LogP contribution < -0.4 is 0 Å². The molecule has 2 rings (SSSR count). The molecule has 2 aromatic heterocycles. The highest BCUT2D eigenvalue weighted by molar-refractivity contribution is 7.98. The van der Waals surface area contributed by atoms with Gasteiger partial charge in [-0.3, -0.25) is 0 Å². The third-order valence-electron chi connectivity index (χ3n) is 2.56. The minimum absolute atomic E-state index is 0.116. The van der Waals surface area contributed by atoms with E-state index < -0.39 is 18.2 Å². The van der Waals surface area contributed by atoms with Crippen molar-refractivity contribution < 1.29 is 20.1 Å². The fourth-order valence-electron chi connectivity index (χ4n) is 1.61. The van der Waals surface area contributed by atoms with Crippen molar-refractivity contribution in [2.75, 3.05) is 6.26 Å². The van der Waals surface area contributed by atoms with Gasteiger partial charge in [-0.05, 0) is 6.26 Å². The van der Waals surface area contributed by atoms with E-state index in [2.05, 4.69) is 15.0 Å². The second-order valence-corrected chi connectivity index (χ2v) is 4.60. The molecule has 0 aromatic carbocycles. The Morgan fingerprint density at radius 1 is 1.42 bits per heavy atom. The molecule has 2 unspecified atom stereocenters. The summed E-state index contributed by atoms with van der Waals surface area (Å²) in [6.07, 6.45) is 1.36. The molecule has 2 atom stereocenters. The van der Waals surface area contributed by atoms with Crippen LogP contribution in [-0.2, 0) is 11.3 Å². The van der Waals surface area contributed by atoms with Crippen LogP contribution in [0.3, 0.4) is 0 Å². The summed E-state index contributed by atoms with van der Waals surface area (Å²) in [5, 5.41) is 28.2. The Morgan fingerprint density at radius 2 is 2.16 bits per heavy atom. The van der Waals surface area contributed by atoms with Gasteiger partial charge in [0, 0.05) is 0 Å². The second-order valence-electron chi connectivity index (χ2n) is 3.80. The van der Waals surface area contributed by atoms with Gasteiger partial charge in [-0.1, -0.05) is 0 Å². The number of thioether (sulfide) groups is 1. The maximum absolute atomic E-state index is 10.6. The third-order valence-corrected chi connectivity index (χ3v) is 3.25. The molecule has 0 amide bonds. The topological polar surface area (TPSA) is 121 Å². The molecule has 9 heteroatoms. The van der Waals surface area contributed by atoms with Crippen LogP contribution in [0.15, 0.2) is 17.7 Å². The molecule has 0 aliphatic carbocycles. The van der Waals surface area contributed by atoms with E-state index in [9.17, 15) is 15.0 Å². The lowest BCUT2D eigenvalue weighted by atomic mass is 10.2. The van der Waals surface area contributed by atoms with E-state index in [0.29, 0.717) is 16.2 Å². The molecule has 0 spiro atoms. The zero-order valence-corrected chi connectivity index (χ0v) is 10.8. The van der Waals surface area contributed by atoms with Gasteiger partial charge in [0.25, 0.3) is 0 Å². The van der Waals surface area contributed by atoms with E-state index in [1.54, 1.807) is 0 Å². The first-order valence-corrected chi connectivity index (χ1v) is 6.55. The Kier molecular flexibility index (Phi) is 3.98. The van der Waals surface area contributed by atoms with Crippen molar-refractivity contribution in [3.8, 4) is 0 Å². The summed E-state index contributed by atoms with van der Waals surface area (Å²) in [7, 11) is 0. The van der Waals surface area contributed by atoms with Crippen LogP contribution in [-0.4, -0.2) is 59.3 Å². The Morgan fingerprint density at radius 3 is 2.79 bits per heavy atom. The number of carboxylic acids is 1. The first kappa shape index (κ1) is 13.7. The summed E-state index contributed by atoms with van der Waals surface area (Å²) in [5.74, 6) is -1.48. The van der Waals surface area contributed by atoms with E-state index in [1.807, 2.05) is 6.26 Å². The zero-order valence-electron chi connectivity index (χ0n) is 9.96. The molecule has 8 nitrogen and oxygen atoms in total. The van der Waals surface area contributed by atoms with E-state index in [0.717, 1.165) is 0 Å². The van der Waals surface area contributed by atoms with Gasteiger partial charge in [-0.2, -0.15) is 0 Å². The maximum atomic E-state index is 10.6. The van der Waals surface area contributed by atoms with Gasteiger partial charge >= 0.3 is 5.97 Å². The van der Waals surface area contributed by atoms with Gasteiger partial charge < -0.3 is 19.9 Å². The van der Waals surface area contributed by atoms with Crippen molar-refractivity contribution >= 4 is 28.9 Å². The highest BCUT2D eigenvalue weighted by atomic mass is 32.2. The van der Waals surface area contributed by atoms with Crippen LogP contribution in [0.2, 0.25) is 0 Å². The maximum Gasteiger partial charge on any atom is 0.335 e. The van der Waals surface area contributed by atoms with Crippen LogP contribution in [0.5, 0.6) is 0 Å². The second kappa shape index (κ2) is 5.51. The molecular formula is C10H12N4O4S. The summed E-state index contributed by atoms with van der Waals surface area (Å²) >= 11 is 1.41. The number of hydrogen-bond acceptors (Lipinski definition) is 7. The Labute approximate surface area is 112 Å². The molecule has 19 heavy (non-hydrogen) atoms. The minimum Gasteiger partial charge on any atom is -0.479 e. The normalized spacial score (nSPS) is 14.5. The average molecular weight is 284 g/mol. The molecule has 0 aliphatic rings. The quantitative estimate of drug-likeness (QED) is 0.489. The number of aliphatic hydroxyl groups is 2.